The average molecular weight is 268 g/mol. The lowest BCUT2D eigenvalue weighted by molar-refractivity contribution is -0.145. The second-order valence-electron chi connectivity index (χ2n) is 6.45. The van der Waals surface area contributed by atoms with E-state index >= 15 is 0 Å². The lowest BCUT2D eigenvalue weighted by Gasteiger charge is -2.40. The first-order chi connectivity index (χ1) is 9.05. The van der Waals surface area contributed by atoms with Crippen LogP contribution in [0.2, 0.25) is 0 Å². The van der Waals surface area contributed by atoms with Crippen LogP contribution >= 0.6 is 0 Å². The van der Waals surface area contributed by atoms with Crippen LogP contribution in [0.25, 0.3) is 0 Å². The quantitative estimate of drug-likeness (QED) is 0.823. The third kappa shape index (κ3) is 3.48. The summed E-state index contributed by atoms with van der Waals surface area (Å²) in [5.74, 6) is 0.0363. The Balaban J connectivity index is 1.95. The first-order valence-electron chi connectivity index (χ1n) is 7.81. The number of rotatable bonds is 3. The summed E-state index contributed by atoms with van der Waals surface area (Å²) in [6.07, 6.45) is 8.42. The lowest BCUT2D eigenvalue weighted by atomic mass is 9.79. The lowest BCUT2D eigenvalue weighted by Crippen LogP contribution is -2.55. The van der Waals surface area contributed by atoms with Crippen LogP contribution in [-0.4, -0.2) is 40.6 Å². The van der Waals surface area contributed by atoms with Gasteiger partial charge in [-0.15, -0.1) is 0 Å². The summed E-state index contributed by atoms with van der Waals surface area (Å²) >= 11 is 0. The molecule has 0 amide bonds. The van der Waals surface area contributed by atoms with Crippen molar-refractivity contribution in [3.8, 4) is 0 Å². The van der Waals surface area contributed by atoms with Crippen LogP contribution in [0.1, 0.15) is 58.3 Å². The van der Waals surface area contributed by atoms with Crippen molar-refractivity contribution in [2.24, 2.45) is 11.7 Å². The number of carboxylic acid groups (broad SMARTS) is 1. The maximum absolute atomic E-state index is 11.3. The number of aliphatic carboxylic acids is 1. The number of hydrogen-bond acceptors (Lipinski definition) is 3. The van der Waals surface area contributed by atoms with E-state index in [0.29, 0.717) is 18.9 Å². The fourth-order valence-electron chi connectivity index (χ4n) is 3.74. The van der Waals surface area contributed by atoms with E-state index in [1.165, 1.54) is 25.7 Å². The van der Waals surface area contributed by atoms with Gasteiger partial charge in [-0.2, -0.15) is 0 Å². The fraction of sp³-hybridized carbons (Fsp3) is 0.933. The molecule has 0 aromatic carbocycles. The second-order valence-corrected chi connectivity index (χ2v) is 6.45. The number of carbonyl (C=O) groups is 1. The van der Waals surface area contributed by atoms with Gasteiger partial charge in [0.2, 0.25) is 0 Å². The third-order valence-electron chi connectivity index (χ3n) is 5.16. The molecule has 0 bridgehead atoms. The summed E-state index contributed by atoms with van der Waals surface area (Å²) in [5.41, 5.74) is 5.08. The van der Waals surface area contributed by atoms with Gasteiger partial charge in [0.25, 0.3) is 0 Å². The summed E-state index contributed by atoms with van der Waals surface area (Å²) in [5, 5.41) is 9.31. The number of hydrogen-bond donors (Lipinski definition) is 2. The monoisotopic (exact) mass is 268 g/mol. The summed E-state index contributed by atoms with van der Waals surface area (Å²) in [7, 11) is 0. The van der Waals surface area contributed by atoms with Gasteiger partial charge in [0.05, 0.1) is 0 Å². The van der Waals surface area contributed by atoms with Gasteiger partial charge in [0, 0.05) is 6.04 Å². The molecule has 0 radical (unpaired) electrons. The minimum atomic E-state index is -0.987. The van der Waals surface area contributed by atoms with Crippen LogP contribution in [0.3, 0.4) is 0 Å². The topological polar surface area (TPSA) is 66.6 Å². The zero-order chi connectivity index (χ0) is 13.9. The molecular formula is C15H28N2O2. The molecule has 1 aliphatic carbocycles. The first-order valence-corrected chi connectivity index (χ1v) is 7.81. The summed E-state index contributed by atoms with van der Waals surface area (Å²) < 4.78 is 0. The molecule has 1 heterocycles. The molecule has 3 N–H and O–H groups in total. The fourth-order valence-corrected chi connectivity index (χ4v) is 3.74. The molecule has 2 fully saturated rings. The number of likely N-dealkylation sites (tertiary alicyclic amines) is 1. The molecule has 3 unspecified atom stereocenters. The van der Waals surface area contributed by atoms with E-state index in [2.05, 4.69) is 11.8 Å². The predicted octanol–water partition coefficient (Wildman–Crippen LogP) is 2.22. The Morgan fingerprint density at radius 2 is 2.11 bits per heavy atom. The Kier molecular flexibility index (Phi) is 4.85. The largest absolute Gasteiger partial charge is 0.480 e. The Bertz CT molecular complexity index is 321. The van der Waals surface area contributed by atoms with Crippen molar-refractivity contribution in [3.63, 3.8) is 0 Å². The number of carboxylic acids is 1. The van der Waals surface area contributed by atoms with Crippen LogP contribution in [0.4, 0.5) is 0 Å². The van der Waals surface area contributed by atoms with Crippen LogP contribution in [0, 0.1) is 5.92 Å². The van der Waals surface area contributed by atoms with Gasteiger partial charge in [0.1, 0.15) is 5.54 Å². The molecule has 2 rings (SSSR count). The Morgan fingerprint density at radius 3 is 2.79 bits per heavy atom. The highest BCUT2D eigenvalue weighted by molar-refractivity contribution is 5.78. The predicted molar refractivity (Wildman–Crippen MR) is 76.0 cm³/mol. The maximum atomic E-state index is 11.3. The molecule has 2 aliphatic rings. The molecule has 110 valence electrons. The molecule has 1 saturated heterocycles. The van der Waals surface area contributed by atoms with Crippen molar-refractivity contribution >= 4 is 5.97 Å². The number of nitrogens with zero attached hydrogens (tertiary/aromatic N) is 1. The average Bonchev–Trinajstić information content (AvgIpc) is 2.64. The zero-order valence-corrected chi connectivity index (χ0v) is 12.1. The third-order valence-corrected chi connectivity index (χ3v) is 5.16. The van der Waals surface area contributed by atoms with Gasteiger partial charge in [-0.3, -0.25) is 4.79 Å². The molecule has 0 aromatic heterocycles. The molecule has 4 heteroatoms. The van der Waals surface area contributed by atoms with E-state index in [-0.39, 0.29) is 0 Å². The Hall–Kier alpha value is -0.610. The standard InChI is InChI=1S/C15H28N2O2/c1-2-12-5-4-9-17(10-7-12)13-6-3-8-15(16,11-13)14(18)19/h12-13H,2-11,16H2,1H3,(H,18,19). The van der Waals surface area contributed by atoms with E-state index < -0.39 is 11.5 Å². The van der Waals surface area contributed by atoms with Gasteiger partial charge in [-0.1, -0.05) is 13.3 Å². The highest BCUT2D eigenvalue weighted by atomic mass is 16.4. The molecule has 19 heavy (non-hydrogen) atoms. The van der Waals surface area contributed by atoms with Crippen molar-refractivity contribution in [3.05, 3.63) is 0 Å². The summed E-state index contributed by atoms with van der Waals surface area (Å²) in [6, 6.07) is 0.380. The highest BCUT2D eigenvalue weighted by Crippen LogP contribution is 2.32. The van der Waals surface area contributed by atoms with E-state index in [4.69, 9.17) is 5.73 Å². The smallest absolute Gasteiger partial charge is 0.323 e. The number of nitrogens with two attached hydrogens (primary N) is 1. The van der Waals surface area contributed by atoms with Crippen molar-refractivity contribution < 1.29 is 9.90 Å². The zero-order valence-electron chi connectivity index (χ0n) is 12.1. The molecule has 4 nitrogen and oxygen atoms in total. The van der Waals surface area contributed by atoms with Crippen LogP contribution in [0.5, 0.6) is 0 Å². The SMILES string of the molecule is CCC1CCCN(C2CCCC(N)(C(=O)O)C2)CC1. The normalized spacial score (nSPS) is 37.8. The van der Waals surface area contributed by atoms with Crippen molar-refractivity contribution in [2.75, 3.05) is 13.1 Å². The molecule has 1 saturated carbocycles. The first kappa shape index (κ1) is 14.8. The molecule has 3 atom stereocenters. The van der Waals surface area contributed by atoms with E-state index in [0.717, 1.165) is 31.8 Å². The molecule has 1 aliphatic heterocycles. The molecule has 0 aromatic rings. The van der Waals surface area contributed by atoms with Crippen LogP contribution in [0.15, 0.2) is 0 Å². The Morgan fingerprint density at radius 1 is 1.32 bits per heavy atom. The van der Waals surface area contributed by atoms with Crippen molar-refractivity contribution in [2.45, 2.75) is 69.9 Å². The minimum absolute atomic E-state index is 0.380. The summed E-state index contributed by atoms with van der Waals surface area (Å²) in [4.78, 5) is 13.8. The van der Waals surface area contributed by atoms with Gasteiger partial charge >= 0.3 is 5.97 Å². The van der Waals surface area contributed by atoms with Gasteiger partial charge < -0.3 is 15.7 Å². The van der Waals surface area contributed by atoms with E-state index in [1.54, 1.807) is 0 Å². The highest BCUT2D eigenvalue weighted by Gasteiger charge is 2.41. The van der Waals surface area contributed by atoms with Gasteiger partial charge in [-0.05, 0) is 64.0 Å². The summed E-state index contributed by atoms with van der Waals surface area (Å²) in [6.45, 7) is 4.52. The maximum Gasteiger partial charge on any atom is 0.323 e. The van der Waals surface area contributed by atoms with Crippen LogP contribution in [-0.2, 0) is 4.79 Å². The van der Waals surface area contributed by atoms with Gasteiger partial charge in [-0.25, -0.2) is 0 Å². The molecule has 0 spiro atoms. The van der Waals surface area contributed by atoms with Gasteiger partial charge in [0.15, 0.2) is 0 Å². The Labute approximate surface area is 116 Å². The van der Waals surface area contributed by atoms with E-state index in [1.807, 2.05) is 0 Å². The second kappa shape index (κ2) is 6.23. The van der Waals surface area contributed by atoms with Crippen LogP contribution < -0.4 is 5.73 Å². The van der Waals surface area contributed by atoms with E-state index in [9.17, 15) is 9.90 Å². The van der Waals surface area contributed by atoms with Crippen molar-refractivity contribution in [1.82, 2.24) is 4.90 Å². The minimum Gasteiger partial charge on any atom is -0.480 e. The molecular weight excluding hydrogens is 240 g/mol. The van der Waals surface area contributed by atoms with Crippen molar-refractivity contribution in [1.29, 1.82) is 0 Å².